The molecule has 2 N–H and O–H groups in total. The molecule has 0 atom stereocenters. The van der Waals surface area contributed by atoms with E-state index in [1.165, 1.54) is 32.1 Å². The fourth-order valence-corrected chi connectivity index (χ4v) is 2.59. The van der Waals surface area contributed by atoms with E-state index in [1.54, 1.807) is 6.20 Å². The quantitative estimate of drug-likeness (QED) is 0.863. The molecule has 15 heavy (non-hydrogen) atoms. The Morgan fingerprint density at radius 3 is 2.67 bits per heavy atom. The largest absolute Gasteiger partial charge is 0.330 e. The zero-order chi connectivity index (χ0) is 10.7. The first-order chi connectivity index (χ1) is 7.29. The summed E-state index contributed by atoms with van der Waals surface area (Å²) in [5, 5.41) is 5.01. The van der Waals surface area contributed by atoms with Crippen molar-refractivity contribution in [1.29, 1.82) is 0 Å². The lowest BCUT2D eigenvalue weighted by Crippen LogP contribution is -2.20. The van der Waals surface area contributed by atoms with Crippen LogP contribution in [0.3, 0.4) is 0 Å². The minimum atomic E-state index is 0.548. The second kappa shape index (κ2) is 4.99. The zero-order valence-corrected chi connectivity index (χ0v) is 9.66. The number of nitrogens with two attached hydrogens (primary N) is 1. The third-order valence-electron chi connectivity index (χ3n) is 3.34. The number of nitrogens with zero attached hydrogens (tertiary/aromatic N) is 2. The zero-order valence-electron chi connectivity index (χ0n) is 8.90. The van der Waals surface area contributed by atoms with E-state index < -0.39 is 0 Å². The Balaban J connectivity index is 1.88. The smallest absolute Gasteiger partial charge is 0.0785 e. The Morgan fingerprint density at radius 1 is 1.40 bits per heavy atom. The van der Waals surface area contributed by atoms with Crippen molar-refractivity contribution >= 4 is 11.6 Å². The van der Waals surface area contributed by atoms with Gasteiger partial charge in [-0.05, 0) is 44.6 Å². The first-order valence-corrected chi connectivity index (χ1v) is 6.07. The van der Waals surface area contributed by atoms with Crippen LogP contribution in [0.1, 0.15) is 38.1 Å². The second-order valence-electron chi connectivity index (χ2n) is 4.39. The normalized spacial score (nSPS) is 26.8. The van der Waals surface area contributed by atoms with Crippen molar-refractivity contribution in [1.82, 2.24) is 9.78 Å². The molecule has 1 fully saturated rings. The Morgan fingerprint density at radius 2 is 2.13 bits per heavy atom. The molecule has 0 aliphatic heterocycles. The van der Waals surface area contributed by atoms with Crippen LogP contribution in [-0.2, 0) is 0 Å². The molecule has 1 aliphatic carbocycles. The molecule has 4 heteroatoms. The van der Waals surface area contributed by atoms with E-state index >= 15 is 0 Å². The minimum absolute atomic E-state index is 0.548. The maximum absolute atomic E-state index is 5.86. The molecule has 0 spiro atoms. The maximum atomic E-state index is 5.86. The highest BCUT2D eigenvalue weighted by Crippen LogP contribution is 2.33. The van der Waals surface area contributed by atoms with Gasteiger partial charge in [-0.2, -0.15) is 5.10 Å². The van der Waals surface area contributed by atoms with Gasteiger partial charge in [-0.15, -0.1) is 0 Å². The van der Waals surface area contributed by atoms with E-state index in [9.17, 15) is 0 Å². The van der Waals surface area contributed by atoms with Crippen molar-refractivity contribution in [3.8, 4) is 0 Å². The third-order valence-corrected chi connectivity index (χ3v) is 3.53. The maximum Gasteiger partial charge on any atom is 0.0785 e. The van der Waals surface area contributed by atoms with E-state index in [2.05, 4.69) is 5.10 Å². The molecule has 3 nitrogen and oxygen atoms in total. The van der Waals surface area contributed by atoms with E-state index in [1.807, 2.05) is 10.9 Å². The fraction of sp³-hybridized carbons (Fsp3) is 0.727. The summed E-state index contributed by atoms with van der Waals surface area (Å²) >= 11 is 5.86. The van der Waals surface area contributed by atoms with Gasteiger partial charge in [0, 0.05) is 6.20 Å². The van der Waals surface area contributed by atoms with Gasteiger partial charge in [-0.1, -0.05) is 11.6 Å². The third kappa shape index (κ3) is 2.73. The topological polar surface area (TPSA) is 43.8 Å². The van der Waals surface area contributed by atoms with Gasteiger partial charge in [-0.25, -0.2) is 0 Å². The SMILES string of the molecule is NCCC1CCC(n2cc(Cl)cn2)CC1. The number of hydrogen-bond donors (Lipinski definition) is 1. The molecule has 2 rings (SSSR count). The first-order valence-electron chi connectivity index (χ1n) is 5.69. The van der Waals surface area contributed by atoms with Gasteiger partial charge in [0.2, 0.25) is 0 Å². The van der Waals surface area contributed by atoms with Crippen molar-refractivity contribution in [3.63, 3.8) is 0 Å². The highest BCUT2D eigenvalue weighted by atomic mass is 35.5. The Hall–Kier alpha value is -0.540. The summed E-state index contributed by atoms with van der Waals surface area (Å²) in [4.78, 5) is 0. The van der Waals surface area contributed by atoms with Crippen LogP contribution in [0.15, 0.2) is 12.4 Å². The highest BCUT2D eigenvalue weighted by Gasteiger charge is 2.22. The van der Waals surface area contributed by atoms with Crippen molar-refractivity contribution in [2.45, 2.75) is 38.1 Å². The summed E-state index contributed by atoms with van der Waals surface area (Å²) < 4.78 is 2.01. The molecule has 0 saturated heterocycles. The van der Waals surface area contributed by atoms with Crippen LogP contribution in [0.2, 0.25) is 5.02 Å². The average Bonchev–Trinajstić information content (AvgIpc) is 2.67. The van der Waals surface area contributed by atoms with Crippen LogP contribution >= 0.6 is 11.6 Å². The summed E-state index contributed by atoms with van der Waals surface area (Å²) in [7, 11) is 0. The van der Waals surface area contributed by atoms with Crippen LogP contribution < -0.4 is 5.73 Å². The average molecular weight is 228 g/mol. The minimum Gasteiger partial charge on any atom is -0.330 e. The summed E-state index contributed by atoms with van der Waals surface area (Å²) in [6.45, 7) is 0.822. The molecule has 1 saturated carbocycles. The molecule has 0 unspecified atom stereocenters. The summed E-state index contributed by atoms with van der Waals surface area (Å²) in [6.07, 6.45) is 9.79. The van der Waals surface area contributed by atoms with Gasteiger partial charge in [0.05, 0.1) is 17.3 Å². The van der Waals surface area contributed by atoms with E-state index in [4.69, 9.17) is 17.3 Å². The Bertz CT molecular complexity index is 303. The molecular weight excluding hydrogens is 210 g/mol. The molecular formula is C11H18ClN3. The van der Waals surface area contributed by atoms with Crippen LogP contribution in [-0.4, -0.2) is 16.3 Å². The summed E-state index contributed by atoms with van der Waals surface area (Å²) in [5.41, 5.74) is 5.57. The predicted molar refractivity (Wildman–Crippen MR) is 61.9 cm³/mol. The lowest BCUT2D eigenvalue weighted by molar-refractivity contribution is 0.253. The molecule has 1 aromatic heterocycles. The molecule has 1 aromatic rings. The number of hydrogen-bond acceptors (Lipinski definition) is 2. The Labute approximate surface area is 95.6 Å². The summed E-state index contributed by atoms with van der Waals surface area (Å²) in [5.74, 6) is 0.831. The van der Waals surface area contributed by atoms with Crippen molar-refractivity contribution in [2.24, 2.45) is 11.7 Å². The monoisotopic (exact) mass is 227 g/mol. The van der Waals surface area contributed by atoms with Gasteiger partial charge in [0.15, 0.2) is 0 Å². The van der Waals surface area contributed by atoms with Crippen LogP contribution in [0.4, 0.5) is 0 Å². The lowest BCUT2D eigenvalue weighted by Gasteiger charge is -2.28. The van der Waals surface area contributed by atoms with E-state index in [0.717, 1.165) is 17.5 Å². The number of halogens is 1. The standard InChI is InChI=1S/C11H18ClN3/c12-10-7-14-15(8-10)11-3-1-9(2-4-11)5-6-13/h7-9,11H,1-6,13H2. The fourth-order valence-electron chi connectivity index (χ4n) is 2.45. The van der Waals surface area contributed by atoms with Crippen molar-refractivity contribution in [2.75, 3.05) is 6.54 Å². The van der Waals surface area contributed by atoms with Gasteiger partial charge >= 0.3 is 0 Å². The van der Waals surface area contributed by atoms with Gasteiger partial charge < -0.3 is 5.73 Å². The molecule has 1 aliphatic rings. The number of rotatable bonds is 3. The van der Waals surface area contributed by atoms with Crippen LogP contribution in [0, 0.1) is 5.92 Å². The van der Waals surface area contributed by atoms with Crippen molar-refractivity contribution < 1.29 is 0 Å². The molecule has 0 amide bonds. The Kier molecular flexibility index (Phi) is 3.65. The second-order valence-corrected chi connectivity index (χ2v) is 4.83. The van der Waals surface area contributed by atoms with Gasteiger partial charge in [-0.3, -0.25) is 4.68 Å². The van der Waals surface area contributed by atoms with Crippen molar-refractivity contribution in [3.05, 3.63) is 17.4 Å². The van der Waals surface area contributed by atoms with E-state index in [-0.39, 0.29) is 0 Å². The summed E-state index contributed by atoms with van der Waals surface area (Å²) in [6, 6.07) is 0.548. The number of aromatic nitrogens is 2. The highest BCUT2D eigenvalue weighted by molar-refractivity contribution is 6.30. The molecule has 0 bridgehead atoms. The van der Waals surface area contributed by atoms with Gasteiger partial charge in [0.25, 0.3) is 0 Å². The molecule has 0 aromatic carbocycles. The van der Waals surface area contributed by atoms with E-state index in [0.29, 0.717) is 6.04 Å². The first kappa shape index (κ1) is 11.0. The predicted octanol–water partition coefficient (Wildman–Crippen LogP) is 2.62. The molecule has 1 heterocycles. The van der Waals surface area contributed by atoms with Crippen LogP contribution in [0.5, 0.6) is 0 Å². The molecule has 84 valence electrons. The van der Waals surface area contributed by atoms with Gasteiger partial charge in [0.1, 0.15) is 0 Å². The van der Waals surface area contributed by atoms with Crippen LogP contribution in [0.25, 0.3) is 0 Å². The molecule has 0 radical (unpaired) electrons. The lowest BCUT2D eigenvalue weighted by atomic mass is 9.84.